The van der Waals surface area contributed by atoms with E-state index in [9.17, 15) is 14.7 Å². The van der Waals surface area contributed by atoms with Gasteiger partial charge in [-0.3, -0.25) is 9.59 Å². The van der Waals surface area contributed by atoms with Crippen molar-refractivity contribution < 1.29 is 24.2 Å². The molecule has 1 unspecified atom stereocenters. The van der Waals surface area contributed by atoms with E-state index in [2.05, 4.69) is 52.3 Å². The topological polar surface area (TPSA) is 131 Å². The molecule has 0 amide bonds. The number of allylic oxidation sites excluding steroid dienone is 2. The monoisotopic (exact) mass is 769 g/mol. The first kappa shape index (κ1) is 43.0. The molecule has 2 aliphatic heterocycles. The molecule has 1 saturated heterocycles. The molecule has 0 spiro atoms. The Bertz CT molecular complexity index is 2300. The van der Waals surface area contributed by atoms with Crippen molar-refractivity contribution in [1.29, 1.82) is 0 Å². The third-order valence-corrected chi connectivity index (χ3v) is 12.1. The Balaban J connectivity index is 0.00000600. The number of fused-ring (bicyclic) bond motifs is 8. The van der Waals surface area contributed by atoms with E-state index in [0.717, 1.165) is 74.9 Å². The van der Waals surface area contributed by atoms with Gasteiger partial charge in [-0.1, -0.05) is 106 Å². The number of carbonyl (C=O) groups is 2. The molecule has 4 atom stereocenters. The maximum atomic E-state index is 13.5. The summed E-state index contributed by atoms with van der Waals surface area (Å²) in [5.41, 5.74) is 9.97. The maximum Gasteiger partial charge on any atom is 2.00 e. The van der Waals surface area contributed by atoms with Gasteiger partial charge in [-0.05, 0) is 88.0 Å². The van der Waals surface area contributed by atoms with E-state index >= 15 is 0 Å². The second-order valence-electron chi connectivity index (χ2n) is 15.5. The van der Waals surface area contributed by atoms with Gasteiger partial charge in [0.2, 0.25) is 0 Å². The fourth-order valence-electron chi connectivity index (χ4n) is 8.74. The SMILES string of the molecule is C=Cc1c2[n-]c(c1C)/C=C1\[N-]C(C3=c4[n-]c(c(C)c4=C(O)[C@@H]3C(=O)OC)/C=c3\[nH]/c(c(C)c3CC)=C\2)[C@@H](CCC(=O)OC/C=C(\C)CCCCCCC)[C@@H]1C.[Mg+2]. The molecule has 0 saturated carbocycles. The molecule has 294 valence electrons. The number of ether oxygens (including phenoxy) is 2. The second kappa shape index (κ2) is 18.4. The van der Waals surface area contributed by atoms with Crippen molar-refractivity contribution in [3.05, 3.63) is 95.4 Å². The minimum absolute atomic E-state index is 0. The number of H-pyrrole nitrogens is 1. The van der Waals surface area contributed by atoms with Gasteiger partial charge in [-0.25, -0.2) is 0 Å². The summed E-state index contributed by atoms with van der Waals surface area (Å²) in [6, 6.07) is -0.558. The molecule has 5 heterocycles. The van der Waals surface area contributed by atoms with Gasteiger partial charge in [-0.2, -0.15) is 5.70 Å². The van der Waals surface area contributed by atoms with Crippen LogP contribution in [0.4, 0.5) is 0 Å². The van der Waals surface area contributed by atoms with Crippen LogP contribution in [0.3, 0.4) is 0 Å². The Morgan fingerprint density at radius 2 is 1.66 bits per heavy atom. The molecule has 56 heavy (non-hydrogen) atoms. The molecule has 1 fully saturated rings. The zero-order valence-electron chi connectivity index (χ0n) is 34.6. The smallest absolute Gasteiger partial charge is 0.681 e. The van der Waals surface area contributed by atoms with Crippen molar-refractivity contribution in [2.24, 2.45) is 17.8 Å². The second-order valence-corrected chi connectivity index (χ2v) is 15.5. The maximum absolute atomic E-state index is 13.5. The molecule has 1 aliphatic carbocycles. The predicted molar refractivity (Wildman–Crippen MR) is 225 cm³/mol. The number of aliphatic hydroxyl groups excluding tert-OH is 1. The van der Waals surface area contributed by atoms with Crippen LogP contribution in [0.5, 0.6) is 0 Å². The average molecular weight is 770 g/mol. The fourth-order valence-corrected chi connectivity index (χ4v) is 8.74. The molecule has 0 aromatic carbocycles. The van der Waals surface area contributed by atoms with E-state index in [4.69, 9.17) is 24.8 Å². The molecule has 3 aliphatic rings. The summed E-state index contributed by atoms with van der Waals surface area (Å²) in [7, 11) is 1.33. The van der Waals surface area contributed by atoms with Crippen LogP contribution < -0.4 is 31.2 Å². The summed E-state index contributed by atoms with van der Waals surface area (Å²) in [5.74, 6) is -2.29. The molecule has 8 bridgehead atoms. The standard InChI is InChI=1S/C46H57N4O5.Mg/c1-10-13-14-15-16-17-25(4)20-21-55-39(51)19-18-32-28(7)35-22-33-26(5)30(11-2)37(47-33)23-34-27(6)31(12-3)38(48-34)24-36-29(8)40-44(50-36)41(43(32)49-35)42(45(40)52)46(53)54-9;/h11,20,22-24,28,32,42-43,48,52H,2,10,12-19,21H2,1,3-9H3;/q-3;+2/b25-20+,34-23-,35-22-,38-24-;/t28-,32-,42+,43?;/m0./s1. The van der Waals surface area contributed by atoms with E-state index in [1.807, 2.05) is 38.2 Å². The van der Waals surface area contributed by atoms with E-state index in [1.165, 1.54) is 38.4 Å². The van der Waals surface area contributed by atoms with E-state index < -0.39 is 17.9 Å². The van der Waals surface area contributed by atoms with Crippen LogP contribution >= 0.6 is 0 Å². The Morgan fingerprint density at radius 1 is 0.946 bits per heavy atom. The normalized spacial score (nSPS) is 21.9. The third kappa shape index (κ3) is 8.28. The summed E-state index contributed by atoms with van der Waals surface area (Å²) in [6.45, 7) is 19.0. The number of aromatic nitrogens is 3. The average Bonchev–Trinajstić information content (AvgIpc) is 3.90. The number of hydrogen-bond donors (Lipinski definition) is 2. The van der Waals surface area contributed by atoms with Gasteiger partial charge in [0.05, 0.1) is 7.11 Å². The van der Waals surface area contributed by atoms with Gasteiger partial charge < -0.3 is 34.8 Å². The number of nitrogens with zero attached hydrogens (tertiary/aromatic N) is 3. The van der Waals surface area contributed by atoms with Crippen LogP contribution in [-0.2, 0) is 25.5 Å². The number of rotatable bonds is 14. The van der Waals surface area contributed by atoms with Crippen LogP contribution in [0.15, 0.2) is 23.9 Å². The van der Waals surface area contributed by atoms with Gasteiger partial charge in [0, 0.05) is 22.3 Å². The van der Waals surface area contributed by atoms with Crippen molar-refractivity contribution in [2.45, 2.75) is 112 Å². The molecule has 3 aromatic rings. The Labute approximate surface area is 347 Å². The van der Waals surface area contributed by atoms with Crippen molar-refractivity contribution in [3.8, 4) is 0 Å². The number of aromatic amines is 1. The summed E-state index contributed by atoms with van der Waals surface area (Å²) in [5, 5.41) is 20.2. The van der Waals surface area contributed by atoms with Crippen molar-refractivity contribution in [3.63, 3.8) is 0 Å². The van der Waals surface area contributed by atoms with E-state index in [1.54, 1.807) is 0 Å². The van der Waals surface area contributed by atoms with Gasteiger partial charge in [0.15, 0.2) is 0 Å². The zero-order chi connectivity index (χ0) is 39.6. The first-order valence-electron chi connectivity index (χ1n) is 20.1. The Kier molecular flexibility index (Phi) is 14.1. The largest absolute Gasteiger partial charge is 2.00 e. The summed E-state index contributed by atoms with van der Waals surface area (Å²) < 4.78 is 11.0. The quantitative estimate of drug-likeness (QED) is 0.0898. The number of aliphatic hydroxyl groups is 1. The summed E-state index contributed by atoms with van der Waals surface area (Å²) >= 11 is 0. The predicted octanol–water partition coefficient (Wildman–Crippen LogP) is 5.95. The number of esters is 2. The number of methoxy groups -OCH3 is 1. The zero-order valence-corrected chi connectivity index (χ0v) is 36.0. The Morgan fingerprint density at radius 3 is 2.36 bits per heavy atom. The van der Waals surface area contributed by atoms with Crippen molar-refractivity contribution >= 4 is 70.6 Å². The van der Waals surface area contributed by atoms with Crippen LogP contribution in [-0.4, -0.2) is 64.8 Å². The molecule has 0 radical (unpaired) electrons. The van der Waals surface area contributed by atoms with Crippen molar-refractivity contribution in [2.75, 3.05) is 13.7 Å². The van der Waals surface area contributed by atoms with Gasteiger partial charge in [-0.15, -0.1) is 22.4 Å². The van der Waals surface area contributed by atoms with Crippen LogP contribution in [0, 0.1) is 38.5 Å². The number of nitrogens with one attached hydrogen (secondary N) is 1. The molecular weight excluding hydrogens is 713 g/mol. The van der Waals surface area contributed by atoms with Crippen LogP contribution in [0.25, 0.3) is 41.0 Å². The first-order valence-corrected chi connectivity index (χ1v) is 20.1. The number of carbonyl (C=O) groups excluding carboxylic acids is 2. The fraction of sp³-hybridized carbons (Fsp3) is 0.478. The molecule has 6 rings (SSSR count). The molecule has 9 nitrogen and oxygen atoms in total. The van der Waals surface area contributed by atoms with Crippen LogP contribution in [0.1, 0.15) is 124 Å². The molecule has 10 heteroatoms. The van der Waals surface area contributed by atoms with E-state index in [-0.39, 0.29) is 59.6 Å². The minimum Gasteiger partial charge on any atom is -0.681 e. The van der Waals surface area contributed by atoms with Crippen LogP contribution in [0.2, 0.25) is 0 Å². The van der Waals surface area contributed by atoms with Gasteiger partial charge in [0.1, 0.15) is 18.3 Å². The minimum atomic E-state index is -1.06. The van der Waals surface area contributed by atoms with Gasteiger partial charge >= 0.3 is 35.0 Å². The Hall–Kier alpha value is -4.15. The summed E-state index contributed by atoms with van der Waals surface area (Å²) in [4.78, 5) is 40.6. The first-order chi connectivity index (χ1) is 26.4. The third-order valence-electron chi connectivity index (χ3n) is 12.1. The number of hydrogen-bond acceptors (Lipinski definition) is 5. The van der Waals surface area contributed by atoms with Crippen molar-refractivity contribution in [1.82, 2.24) is 15.0 Å². The molecule has 2 N–H and O–H groups in total. The summed E-state index contributed by atoms with van der Waals surface area (Å²) in [6.07, 6.45) is 18.6. The molecule has 3 aromatic heterocycles. The van der Waals surface area contributed by atoms with E-state index in [0.29, 0.717) is 28.3 Å². The molecular formula is C46H57MgN4O5-. The number of unbranched alkanes of at least 4 members (excludes halogenated alkanes) is 4. The van der Waals surface area contributed by atoms with Gasteiger partial charge in [0.25, 0.3) is 0 Å².